The highest BCUT2D eigenvalue weighted by Gasteiger charge is 2.21. The fraction of sp³-hybridized carbons (Fsp3) is 0.0667. The van der Waals surface area contributed by atoms with Crippen LogP contribution in [0.4, 0.5) is 17.1 Å². The number of benzene rings is 10. The molecule has 10 aromatic carbocycles. The second-order valence-corrected chi connectivity index (χ2v) is 17.0. The van der Waals surface area contributed by atoms with Crippen molar-refractivity contribution < 1.29 is 0 Å². The Labute approximate surface area is 359 Å². The molecule has 0 aliphatic rings. The van der Waals surface area contributed by atoms with Crippen molar-refractivity contribution in [2.75, 3.05) is 4.90 Å². The maximum atomic E-state index is 2.45. The zero-order valence-electron chi connectivity index (χ0n) is 34.9. The van der Waals surface area contributed by atoms with E-state index < -0.39 is 0 Å². The molecular weight excluding hydrogens is 735 g/mol. The van der Waals surface area contributed by atoms with Crippen LogP contribution < -0.4 is 4.90 Å². The van der Waals surface area contributed by atoms with Gasteiger partial charge < -0.3 is 4.90 Å². The molecule has 0 saturated heterocycles. The Kier molecular flexibility index (Phi) is 9.87. The molecule has 0 spiro atoms. The van der Waals surface area contributed by atoms with E-state index in [0.717, 1.165) is 17.1 Å². The molecule has 0 bridgehead atoms. The highest BCUT2D eigenvalue weighted by molar-refractivity contribution is 6.21. The number of rotatable bonds is 8. The average Bonchev–Trinajstić information content (AvgIpc) is 3.32. The lowest BCUT2D eigenvalue weighted by atomic mass is 9.81. The third-order valence-corrected chi connectivity index (χ3v) is 12.0. The van der Waals surface area contributed by atoms with E-state index >= 15 is 0 Å². The minimum atomic E-state index is -0.0126. The van der Waals surface area contributed by atoms with Crippen molar-refractivity contribution in [3.8, 4) is 55.6 Å². The Balaban J connectivity index is 1.12. The van der Waals surface area contributed by atoms with Gasteiger partial charge in [0.05, 0.1) is 0 Å². The molecule has 61 heavy (non-hydrogen) atoms. The monoisotopic (exact) mass is 781 g/mol. The fourth-order valence-corrected chi connectivity index (χ4v) is 8.86. The Bertz CT molecular complexity index is 3010. The molecule has 0 aromatic heterocycles. The number of fused-ring (bicyclic) bond motifs is 2. The minimum Gasteiger partial charge on any atom is -0.311 e. The lowest BCUT2D eigenvalue weighted by Gasteiger charge is -2.26. The molecule has 0 aliphatic carbocycles. The van der Waals surface area contributed by atoms with Crippen molar-refractivity contribution in [1.82, 2.24) is 0 Å². The molecule has 0 atom stereocenters. The normalized spacial score (nSPS) is 11.5. The molecule has 0 amide bonds. The molecule has 292 valence electrons. The van der Waals surface area contributed by atoms with Gasteiger partial charge in [0, 0.05) is 17.1 Å². The minimum absolute atomic E-state index is 0.0126. The highest BCUT2D eigenvalue weighted by Crippen LogP contribution is 2.46. The zero-order chi connectivity index (χ0) is 41.3. The maximum Gasteiger partial charge on any atom is 0.0462 e. The van der Waals surface area contributed by atoms with E-state index in [0.29, 0.717) is 0 Å². The SMILES string of the molecule is CC(C)(C)c1ccc2c(-c3ccc(N(c4ccccc4)c4ccccc4)cc3)c3ccccc3c(-c3ccc(-c4cc(-c5ccccc5)cc(-c5ccccc5)c4)cc3)c2c1. The molecule has 0 unspecified atom stereocenters. The van der Waals surface area contributed by atoms with Crippen LogP contribution >= 0.6 is 0 Å². The van der Waals surface area contributed by atoms with Gasteiger partial charge in [0.25, 0.3) is 0 Å². The van der Waals surface area contributed by atoms with Gasteiger partial charge >= 0.3 is 0 Å². The van der Waals surface area contributed by atoms with Gasteiger partial charge in [-0.05, 0) is 149 Å². The predicted octanol–water partition coefficient (Wildman–Crippen LogP) is 17.1. The smallest absolute Gasteiger partial charge is 0.0462 e. The standard InChI is InChI=1S/C60H47N/c1-60(2,3)50-34-37-56-57(41-50)59(45-30-28-44(29-31-45)49-39-47(42-18-8-4-9-19-42)38-48(40-49)43-20-10-5-11-21-43)55-27-17-16-26-54(55)58(56)46-32-35-53(36-33-46)61(51-22-12-6-13-23-51)52-24-14-7-15-25-52/h4-41H,1-3H3. The van der Waals surface area contributed by atoms with E-state index in [4.69, 9.17) is 0 Å². The lowest BCUT2D eigenvalue weighted by molar-refractivity contribution is 0.591. The van der Waals surface area contributed by atoms with Gasteiger partial charge in [0.15, 0.2) is 0 Å². The second-order valence-electron chi connectivity index (χ2n) is 17.0. The predicted molar refractivity (Wildman–Crippen MR) is 262 cm³/mol. The van der Waals surface area contributed by atoms with Crippen LogP contribution in [0, 0.1) is 0 Å². The van der Waals surface area contributed by atoms with E-state index in [1.54, 1.807) is 0 Å². The van der Waals surface area contributed by atoms with Crippen LogP contribution in [0.25, 0.3) is 77.2 Å². The van der Waals surface area contributed by atoms with Crippen molar-refractivity contribution in [2.45, 2.75) is 26.2 Å². The van der Waals surface area contributed by atoms with E-state index in [9.17, 15) is 0 Å². The molecule has 0 aliphatic heterocycles. The molecule has 0 N–H and O–H groups in total. The topological polar surface area (TPSA) is 3.24 Å². The molecule has 1 nitrogen and oxygen atoms in total. The first kappa shape index (κ1) is 37.8. The average molecular weight is 782 g/mol. The van der Waals surface area contributed by atoms with Crippen LogP contribution in [0.15, 0.2) is 231 Å². The molecule has 10 rings (SSSR count). The summed E-state index contributed by atoms with van der Waals surface area (Å²) in [5.74, 6) is 0. The largest absolute Gasteiger partial charge is 0.311 e. The van der Waals surface area contributed by atoms with Gasteiger partial charge in [-0.25, -0.2) is 0 Å². The summed E-state index contributed by atoms with van der Waals surface area (Å²) in [5.41, 5.74) is 16.9. The number of anilines is 3. The van der Waals surface area contributed by atoms with Gasteiger partial charge in [-0.1, -0.05) is 191 Å². The number of para-hydroxylation sites is 2. The Hall–Kier alpha value is -7.48. The summed E-state index contributed by atoms with van der Waals surface area (Å²) in [6.45, 7) is 6.92. The van der Waals surface area contributed by atoms with Crippen LogP contribution in [-0.4, -0.2) is 0 Å². The Morgan fingerprint density at radius 3 is 1.07 bits per heavy atom. The van der Waals surface area contributed by atoms with Crippen molar-refractivity contribution in [1.29, 1.82) is 0 Å². The molecule has 1 heteroatoms. The van der Waals surface area contributed by atoms with Crippen LogP contribution in [-0.2, 0) is 5.41 Å². The maximum absolute atomic E-state index is 2.45. The van der Waals surface area contributed by atoms with Gasteiger partial charge in [0.1, 0.15) is 0 Å². The first-order valence-corrected chi connectivity index (χ1v) is 21.3. The second kappa shape index (κ2) is 15.9. The summed E-state index contributed by atoms with van der Waals surface area (Å²) in [6.07, 6.45) is 0. The Morgan fingerprint density at radius 1 is 0.262 bits per heavy atom. The van der Waals surface area contributed by atoms with Crippen molar-refractivity contribution >= 4 is 38.6 Å². The lowest BCUT2D eigenvalue weighted by Crippen LogP contribution is -2.10. The van der Waals surface area contributed by atoms with Crippen LogP contribution in [0.3, 0.4) is 0 Å². The summed E-state index contributed by atoms with van der Waals surface area (Å²) < 4.78 is 0. The molecule has 0 radical (unpaired) electrons. The number of nitrogens with zero attached hydrogens (tertiary/aromatic N) is 1. The third-order valence-electron chi connectivity index (χ3n) is 12.0. The molecule has 0 saturated carbocycles. The Morgan fingerprint density at radius 2 is 0.607 bits per heavy atom. The van der Waals surface area contributed by atoms with Gasteiger partial charge in [-0.2, -0.15) is 0 Å². The molecule has 0 heterocycles. The summed E-state index contributed by atoms with van der Waals surface area (Å²) in [5, 5.41) is 5.02. The first-order chi connectivity index (χ1) is 29.9. The number of hydrogen-bond acceptors (Lipinski definition) is 1. The van der Waals surface area contributed by atoms with E-state index in [1.807, 2.05) is 0 Å². The molecule has 10 aromatic rings. The fourth-order valence-electron chi connectivity index (χ4n) is 8.86. The van der Waals surface area contributed by atoms with Gasteiger partial charge in [0.2, 0.25) is 0 Å². The summed E-state index contributed by atoms with van der Waals surface area (Å²) in [4.78, 5) is 2.32. The highest BCUT2D eigenvalue weighted by atomic mass is 15.1. The number of hydrogen-bond donors (Lipinski definition) is 0. The first-order valence-electron chi connectivity index (χ1n) is 21.3. The summed E-state index contributed by atoms with van der Waals surface area (Å²) >= 11 is 0. The molecule has 0 fully saturated rings. The van der Waals surface area contributed by atoms with Crippen molar-refractivity contribution in [3.05, 3.63) is 236 Å². The van der Waals surface area contributed by atoms with Crippen molar-refractivity contribution in [3.63, 3.8) is 0 Å². The quantitative estimate of drug-likeness (QED) is 0.139. The van der Waals surface area contributed by atoms with E-state index in [-0.39, 0.29) is 5.41 Å². The zero-order valence-corrected chi connectivity index (χ0v) is 34.9. The van der Waals surface area contributed by atoms with Crippen LogP contribution in [0.1, 0.15) is 26.3 Å². The summed E-state index contributed by atoms with van der Waals surface area (Å²) in [6, 6.07) is 84.1. The van der Waals surface area contributed by atoms with Gasteiger partial charge in [-0.3, -0.25) is 0 Å². The summed E-state index contributed by atoms with van der Waals surface area (Å²) in [7, 11) is 0. The van der Waals surface area contributed by atoms with Gasteiger partial charge in [-0.15, -0.1) is 0 Å². The van der Waals surface area contributed by atoms with Crippen LogP contribution in [0.5, 0.6) is 0 Å². The molecular formula is C60H47N. The van der Waals surface area contributed by atoms with E-state index in [1.165, 1.54) is 82.7 Å². The van der Waals surface area contributed by atoms with Crippen LogP contribution in [0.2, 0.25) is 0 Å². The van der Waals surface area contributed by atoms with Crippen molar-refractivity contribution in [2.24, 2.45) is 0 Å². The third kappa shape index (κ3) is 7.41. The van der Waals surface area contributed by atoms with E-state index in [2.05, 4.69) is 256 Å².